The molecule has 1 aliphatic heterocycles. The molecule has 0 aromatic heterocycles. The smallest absolute Gasteiger partial charge is 0.236 e. The maximum atomic E-state index is 13.9. The van der Waals surface area contributed by atoms with Crippen molar-refractivity contribution >= 4 is 5.91 Å². The molecule has 0 spiro atoms. The minimum Gasteiger partial charge on any atom is -0.340 e. The SMILES string of the molecule is CCCCCCCCCCCCN(CCCCCCCCCCCC)CC(=O)N(CCCCCCCCCCCC)CCN1CCNCC1. The summed E-state index contributed by atoms with van der Waals surface area (Å²) < 4.78 is 0. The van der Waals surface area contributed by atoms with Crippen LogP contribution in [-0.4, -0.2) is 86.1 Å². The minimum absolute atomic E-state index is 0.394. The van der Waals surface area contributed by atoms with Crippen LogP contribution in [0.2, 0.25) is 0 Å². The predicted molar refractivity (Wildman–Crippen MR) is 218 cm³/mol. The van der Waals surface area contributed by atoms with E-state index >= 15 is 0 Å². The van der Waals surface area contributed by atoms with Crippen molar-refractivity contribution in [1.82, 2.24) is 20.0 Å². The molecule has 0 unspecified atom stereocenters. The molecule has 1 fully saturated rings. The van der Waals surface area contributed by atoms with E-state index in [1.54, 1.807) is 0 Å². The molecule has 292 valence electrons. The summed E-state index contributed by atoms with van der Waals surface area (Å²) >= 11 is 0. The predicted octanol–water partition coefficient (Wildman–Crippen LogP) is 11.8. The number of nitrogens with zero attached hydrogens (tertiary/aromatic N) is 3. The highest BCUT2D eigenvalue weighted by molar-refractivity contribution is 5.78. The first-order valence-corrected chi connectivity index (χ1v) is 22.6. The molecule has 0 atom stereocenters. The van der Waals surface area contributed by atoms with Gasteiger partial charge in [-0.1, -0.05) is 194 Å². The van der Waals surface area contributed by atoms with Gasteiger partial charge in [0, 0.05) is 45.8 Å². The molecule has 0 saturated carbocycles. The highest BCUT2D eigenvalue weighted by Crippen LogP contribution is 2.15. The number of piperazine rings is 1. The Morgan fingerprint density at radius 1 is 0.449 bits per heavy atom. The Bertz CT molecular complexity index is 643. The van der Waals surface area contributed by atoms with Crippen molar-refractivity contribution in [3.63, 3.8) is 0 Å². The van der Waals surface area contributed by atoms with Crippen LogP contribution in [0.4, 0.5) is 0 Å². The van der Waals surface area contributed by atoms with Gasteiger partial charge in [-0.25, -0.2) is 0 Å². The van der Waals surface area contributed by atoms with E-state index in [4.69, 9.17) is 0 Å². The molecule has 0 aromatic rings. The van der Waals surface area contributed by atoms with Crippen molar-refractivity contribution in [2.24, 2.45) is 0 Å². The maximum absolute atomic E-state index is 13.9. The lowest BCUT2D eigenvalue weighted by Gasteiger charge is -2.32. The van der Waals surface area contributed by atoms with Gasteiger partial charge in [0.1, 0.15) is 0 Å². The molecule has 1 saturated heterocycles. The van der Waals surface area contributed by atoms with Crippen LogP contribution in [0.25, 0.3) is 0 Å². The number of amides is 1. The van der Waals surface area contributed by atoms with E-state index in [1.807, 2.05) is 0 Å². The van der Waals surface area contributed by atoms with Gasteiger partial charge in [-0.15, -0.1) is 0 Å². The van der Waals surface area contributed by atoms with Crippen LogP contribution in [0.3, 0.4) is 0 Å². The van der Waals surface area contributed by atoms with Crippen molar-refractivity contribution in [2.75, 3.05) is 65.4 Å². The number of hydrogen-bond acceptors (Lipinski definition) is 4. The van der Waals surface area contributed by atoms with Crippen LogP contribution in [-0.2, 0) is 4.79 Å². The van der Waals surface area contributed by atoms with Crippen LogP contribution in [0.1, 0.15) is 213 Å². The van der Waals surface area contributed by atoms with Crippen molar-refractivity contribution < 1.29 is 4.79 Å². The Morgan fingerprint density at radius 3 is 1.14 bits per heavy atom. The largest absolute Gasteiger partial charge is 0.340 e. The van der Waals surface area contributed by atoms with E-state index in [1.165, 1.54) is 193 Å². The van der Waals surface area contributed by atoms with E-state index in [0.717, 1.165) is 58.9 Å². The van der Waals surface area contributed by atoms with Gasteiger partial charge in [0.05, 0.1) is 6.54 Å². The van der Waals surface area contributed by atoms with Crippen molar-refractivity contribution in [2.45, 2.75) is 213 Å². The molecular weight excluding hydrogens is 601 g/mol. The molecule has 0 aromatic carbocycles. The first kappa shape index (κ1) is 46.4. The summed E-state index contributed by atoms with van der Waals surface area (Å²) in [6, 6.07) is 0. The third-order valence-electron chi connectivity index (χ3n) is 11.0. The van der Waals surface area contributed by atoms with Gasteiger partial charge in [0.15, 0.2) is 0 Å². The zero-order chi connectivity index (χ0) is 35.3. The van der Waals surface area contributed by atoms with Gasteiger partial charge in [-0.3, -0.25) is 14.6 Å². The summed E-state index contributed by atoms with van der Waals surface area (Å²) in [5.74, 6) is 0.394. The fourth-order valence-electron chi connectivity index (χ4n) is 7.56. The number of nitrogens with one attached hydrogen (secondary N) is 1. The summed E-state index contributed by atoms with van der Waals surface area (Å²) in [4.78, 5) is 21.3. The van der Waals surface area contributed by atoms with Crippen LogP contribution < -0.4 is 5.32 Å². The second-order valence-electron chi connectivity index (χ2n) is 15.8. The first-order chi connectivity index (χ1) is 24.2. The Kier molecular flexibility index (Phi) is 35.1. The Labute approximate surface area is 308 Å². The monoisotopic (exact) mass is 691 g/mol. The topological polar surface area (TPSA) is 38.8 Å². The molecule has 0 bridgehead atoms. The van der Waals surface area contributed by atoms with Gasteiger partial charge in [-0.05, 0) is 32.4 Å². The summed E-state index contributed by atoms with van der Waals surface area (Å²) in [6.45, 7) is 17.0. The van der Waals surface area contributed by atoms with E-state index in [-0.39, 0.29) is 0 Å². The molecular formula is C44H90N4O. The summed E-state index contributed by atoms with van der Waals surface area (Å²) in [7, 11) is 0. The third kappa shape index (κ3) is 30.7. The average molecular weight is 691 g/mol. The Morgan fingerprint density at radius 2 is 0.776 bits per heavy atom. The van der Waals surface area contributed by atoms with E-state index in [0.29, 0.717) is 12.5 Å². The molecule has 5 heteroatoms. The molecule has 1 amide bonds. The van der Waals surface area contributed by atoms with Crippen LogP contribution in [0.15, 0.2) is 0 Å². The van der Waals surface area contributed by atoms with E-state index < -0.39 is 0 Å². The number of rotatable bonds is 38. The van der Waals surface area contributed by atoms with Gasteiger partial charge in [0.2, 0.25) is 5.91 Å². The van der Waals surface area contributed by atoms with Gasteiger partial charge in [0.25, 0.3) is 0 Å². The molecule has 0 radical (unpaired) electrons. The summed E-state index contributed by atoms with van der Waals surface area (Å²) in [5.41, 5.74) is 0. The Balaban J connectivity index is 2.53. The van der Waals surface area contributed by atoms with E-state index in [2.05, 4.69) is 40.8 Å². The molecule has 1 heterocycles. The lowest BCUT2D eigenvalue weighted by Crippen LogP contribution is -2.48. The lowest BCUT2D eigenvalue weighted by atomic mass is 10.1. The lowest BCUT2D eigenvalue weighted by molar-refractivity contribution is -0.132. The molecule has 1 N–H and O–H groups in total. The fourth-order valence-corrected chi connectivity index (χ4v) is 7.56. The number of carbonyl (C=O) groups is 1. The van der Waals surface area contributed by atoms with Crippen molar-refractivity contribution in [3.05, 3.63) is 0 Å². The maximum Gasteiger partial charge on any atom is 0.236 e. The number of hydrogen-bond donors (Lipinski definition) is 1. The summed E-state index contributed by atoms with van der Waals surface area (Å²) in [5, 5.41) is 3.49. The highest BCUT2D eigenvalue weighted by Gasteiger charge is 2.19. The second kappa shape index (κ2) is 37.1. The second-order valence-corrected chi connectivity index (χ2v) is 15.8. The van der Waals surface area contributed by atoms with Crippen LogP contribution >= 0.6 is 0 Å². The third-order valence-corrected chi connectivity index (χ3v) is 11.0. The quantitative estimate of drug-likeness (QED) is 0.0655. The van der Waals surface area contributed by atoms with Crippen LogP contribution in [0.5, 0.6) is 0 Å². The molecule has 1 rings (SSSR count). The highest BCUT2D eigenvalue weighted by atomic mass is 16.2. The summed E-state index contributed by atoms with van der Waals surface area (Å²) in [6.07, 6.45) is 41.0. The van der Waals surface area contributed by atoms with Gasteiger partial charge in [-0.2, -0.15) is 0 Å². The fraction of sp³-hybridized carbons (Fsp3) is 0.977. The van der Waals surface area contributed by atoms with Crippen molar-refractivity contribution in [1.29, 1.82) is 0 Å². The molecule has 1 aliphatic rings. The minimum atomic E-state index is 0.394. The number of carbonyl (C=O) groups excluding carboxylic acids is 1. The van der Waals surface area contributed by atoms with Crippen LogP contribution in [0, 0.1) is 0 Å². The molecule has 0 aliphatic carbocycles. The Hall–Kier alpha value is -0.650. The zero-order valence-corrected chi connectivity index (χ0v) is 34.0. The molecule has 49 heavy (non-hydrogen) atoms. The van der Waals surface area contributed by atoms with Gasteiger partial charge >= 0.3 is 0 Å². The normalized spacial score (nSPS) is 13.9. The first-order valence-electron chi connectivity index (χ1n) is 22.6. The van der Waals surface area contributed by atoms with Crippen molar-refractivity contribution in [3.8, 4) is 0 Å². The average Bonchev–Trinajstić information content (AvgIpc) is 3.12. The zero-order valence-electron chi connectivity index (χ0n) is 34.0. The number of unbranched alkanes of at least 4 members (excludes halogenated alkanes) is 27. The molecule has 5 nitrogen and oxygen atoms in total. The standard InChI is InChI=1S/C44H90N4O/c1-4-7-10-13-16-19-22-25-28-31-36-47(37-32-29-26-23-20-17-14-11-8-5-2)43-44(49)48(42-41-46-39-34-45-35-40-46)38-33-30-27-24-21-18-15-12-9-6-3/h45H,4-43H2,1-3H3. The van der Waals surface area contributed by atoms with Gasteiger partial charge < -0.3 is 10.2 Å². The van der Waals surface area contributed by atoms with E-state index in [9.17, 15) is 4.79 Å².